The Bertz CT molecular complexity index is 1570. The van der Waals surface area contributed by atoms with Gasteiger partial charge in [-0.05, 0) is 64.0 Å². The molecular weight excluding hydrogens is 686 g/mol. The molecule has 4 atom stereocenters. The molecule has 3 heterocycles. The second-order valence-electron chi connectivity index (χ2n) is 13.8. The summed E-state index contributed by atoms with van der Waals surface area (Å²) < 4.78 is 88.5. The first-order valence-electron chi connectivity index (χ1n) is 17.0. The van der Waals surface area contributed by atoms with Crippen LogP contribution in [0.2, 0.25) is 0 Å². The number of Topliss-reactive ketones (excluding diaryl/α,β-unsaturated/α-hetero) is 1. The number of amides is 3. The largest absolute Gasteiger partial charge is 0.451 e. The maximum atomic E-state index is 14.7. The summed E-state index contributed by atoms with van der Waals surface area (Å²) in [5, 5.41) is 12.0. The molecular formula is C34H46F6N6O5. The highest BCUT2D eigenvalue weighted by Crippen LogP contribution is 2.32. The number of rotatable bonds is 10. The molecule has 2 aromatic rings. The average Bonchev–Trinajstić information content (AvgIpc) is 3.70. The number of ether oxygens (including phenoxy) is 1. The van der Waals surface area contributed by atoms with Crippen LogP contribution in [0.3, 0.4) is 0 Å². The molecule has 2 aliphatic rings. The predicted molar refractivity (Wildman–Crippen MR) is 172 cm³/mol. The molecule has 51 heavy (non-hydrogen) atoms. The fraction of sp³-hybridized carbons (Fsp3) is 0.647. The van der Waals surface area contributed by atoms with Gasteiger partial charge >= 0.3 is 12.3 Å². The molecule has 284 valence electrons. The Hall–Kier alpha value is -4.18. The molecule has 4 rings (SSSR count). The number of ketones is 1. The second kappa shape index (κ2) is 16.9. The summed E-state index contributed by atoms with van der Waals surface area (Å²) >= 11 is 0. The molecule has 0 saturated carbocycles. The van der Waals surface area contributed by atoms with Gasteiger partial charge in [-0.25, -0.2) is 18.0 Å². The Morgan fingerprint density at radius 3 is 2.20 bits per heavy atom. The summed E-state index contributed by atoms with van der Waals surface area (Å²) in [4.78, 5) is 54.6. The Kier molecular flexibility index (Phi) is 13.7. The number of hydrogen-bond acceptors (Lipinski definition) is 7. The number of hydrogen-bond donors (Lipinski definition) is 2. The minimum Gasteiger partial charge on any atom is -0.444 e. The summed E-state index contributed by atoms with van der Waals surface area (Å²) in [5.74, 6) is -7.99. The molecule has 1 aromatic carbocycles. The summed E-state index contributed by atoms with van der Waals surface area (Å²) in [5.41, 5.74) is -1.15. The zero-order valence-electron chi connectivity index (χ0n) is 29.8. The molecule has 2 aliphatic heterocycles. The van der Waals surface area contributed by atoms with Crippen LogP contribution >= 0.6 is 0 Å². The van der Waals surface area contributed by atoms with Crippen LogP contribution in [0.25, 0.3) is 0 Å². The fourth-order valence-electron chi connectivity index (χ4n) is 6.11. The highest BCUT2D eigenvalue weighted by atomic mass is 19.4. The highest BCUT2D eigenvalue weighted by Gasteiger charge is 2.42. The molecule has 1 fully saturated rings. The van der Waals surface area contributed by atoms with E-state index in [9.17, 15) is 45.5 Å². The minimum absolute atomic E-state index is 0.0132. The van der Waals surface area contributed by atoms with E-state index in [1.54, 1.807) is 34.6 Å². The third-order valence-corrected chi connectivity index (χ3v) is 8.46. The van der Waals surface area contributed by atoms with Crippen molar-refractivity contribution in [3.63, 3.8) is 0 Å². The van der Waals surface area contributed by atoms with Crippen LogP contribution < -0.4 is 10.6 Å². The Labute approximate surface area is 292 Å². The number of benzene rings is 1. The standard InChI is InChI=1S/C32H40F6N6O5.C2H6/c1-16(2)26(40-30(48)49-31(3,4)5)28(47)43-9-6-7-23(43)27(46)39-19(11-18-12-21(34)22(35)15-20(18)33)14-24(45)17-8-10-44-25(13-17)41-42-29(44)32(36,37)38;1-2/h12,15-17,19,23,26H,6-11,13-14H2,1-5H3,(H,39,46)(H,40,48);1-2H3. The lowest BCUT2D eigenvalue weighted by molar-refractivity contribution is -0.147. The summed E-state index contributed by atoms with van der Waals surface area (Å²) in [6.45, 7) is 12.4. The minimum atomic E-state index is -4.73. The number of halogens is 6. The van der Waals surface area contributed by atoms with Gasteiger partial charge in [-0.15, -0.1) is 10.2 Å². The quantitative estimate of drug-likeness (QED) is 0.242. The van der Waals surface area contributed by atoms with Crippen molar-refractivity contribution in [2.24, 2.45) is 11.8 Å². The molecule has 0 spiro atoms. The molecule has 0 radical (unpaired) electrons. The number of nitrogens with zero attached hydrogens (tertiary/aromatic N) is 4. The van der Waals surface area contributed by atoms with Gasteiger partial charge in [0.25, 0.3) is 0 Å². The Morgan fingerprint density at radius 2 is 1.59 bits per heavy atom. The lowest BCUT2D eigenvalue weighted by Gasteiger charge is -2.32. The van der Waals surface area contributed by atoms with Gasteiger partial charge in [-0.1, -0.05) is 27.7 Å². The number of alkyl carbamates (subject to hydrolysis) is 1. The van der Waals surface area contributed by atoms with E-state index in [0.717, 1.165) is 4.57 Å². The van der Waals surface area contributed by atoms with Gasteiger partial charge < -0.3 is 24.8 Å². The zero-order valence-corrected chi connectivity index (χ0v) is 29.8. The van der Waals surface area contributed by atoms with E-state index in [1.807, 2.05) is 13.8 Å². The summed E-state index contributed by atoms with van der Waals surface area (Å²) in [7, 11) is 0. The molecule has 1 saturated heterocycles. The highest BCUT2D eigenvalue weighted by molar-refractivity contribution is 5.92. The van der Waals surface area contributed by atoms with Gasteiger partial charge in [-0.3, -0.25) is 14.4 Å². The van der Waals surface area contributed by atoms with E-state index in [0.29, 0.717) is 18.6 Å². The third kappa shape index (κ3) is 10.7. The Morgan fingerprint density at radius 1 is 0.941 bits per heavy atom. The van der Waals surface area contributed by atoms with Gasteiger partial charge in [0, 0.05) is 44.0 Å². The van der Waals surface area contributed by atoms with Crippen molar-refractivity contribution in [2.45, 2.75) is 123 Å². The third-order valence-electron chi connectivity index (χ3n) is 8.46. The number of fused-ring (bicyclic) bond motifs is 1. The molecule has 1 aromatic heterocycles. The van der Waals surface area contributed by atoms with Crippen LogP contribution in [0.4, 0.5) is 31.1 Å². The first kappa shape index (κ1) is 41.2. The van der Waals surface area contributed by atoms with E-state index in [-0.39, 0.29) is 49.7 Å². The van der Waals surface area contributed by atoms with Crippen molar-refractivity contribution in [3.05, 3.63) is 46.8 Å². The second-order valence-corrected chi connectivity index (χ2v) is 13.8. The number of carbonyl (C=O) groups excluding carboxylic acids is 4. The van der Waals surface area contributed by atoms with Crippen LogP contribution in [0, 0.1) is 29.3 Å². The zero-order chi connectivity index (χ0) is 38.4. The number of likely N-dealkylation sites (tertiary alicyclic amines) is 1. The van der Waals surface area contributed by atoms with E-state index >= 15 is 0 Å². The van der Waals surface area contributed by atoms with Crippen molar-refractivity contribution in [1.82, 2.24) is 30.3 Å². The normalized spacial score (nSPS) is 18.7. The van der Waals surface area contributed by atoms with Gasteiger partial charge in [-0.2, -0.15) is 13.2 Å². The molecule has 2 N–H and O–H groups in total. The summed E-state index contributed by atoms with van der Waals surface area (Å²) in [6.07, 6.45) is -5.89. The smallest absolute Gasteiger partial charge is 0.444 e. The van der Waals surface area contributed by atoms with Crippen molar-refractivity contribution < 1.29 is 50.3 Å². The maximum Gasteiger partial charge on any atom is 0.451 e. The first-order valence-corrected chi connectivity index (χ1v) is 17.0. The molecule has 0 bridgehead atoms. The van der Waals surface area contributed by atoms with Gasteiger partial charge in [0.2, 0.25) is 17.6 Å². The van der Waals surface area contributed by atoms with Gasteiger partial charge in [0.15, 0.2) is 11.6 Å². The SMILES string of the molecule is CC.CC(C)C(NC(=O)OC(C)(C)C)C(=O)N1CCCC1C(=O)NC(CC(=O)C1CCn2c(nnc2C(F)(F)F)C1)Cc1cc(F)c(F)cc1F. The van der Waals surface area contributed by atoms with Crippen LogP contribution in [-0.2, 0) is 44.7 Å². The molecule has 11 nitrogen and oxygen atoms in total. The lowest BCUT2D eigenvalue weighted by atomic mass is 9.88. The predicted octanol–water partition coefficient (Wildman–Crippen LogP) is 5.53. The average molecular weight is 733 g/mol. The van der Waals surface area contributed by atoms with Crippen molar-refractivity contribution in [1.29, 1.82) is 0 Å². The molecule has 3 amide bonds. The van der Waals surface area contributed by atoms with Crippen molar-refractivity contribution in [3.8, 4) is 0 Å². The molecule has 17 heteroatoms. The van der Waals surface area contributed by atoms with E-state index in [2.05, 4.69) is 20.8 Å². The van der Waals surface area contributed by atoms with Crippen LogP contribution in [0.1, 0.15) is 91.4 Å². The number of alkyl halides is 3. The summed E-state index contributed by atoms with van der Waals surface area (Å²) in [6, 6.07) is -2.27. The van der Waals surface area contributed by atoms with Crippen LogP contribution in [0.15, 0.2) is 12.1 Å². The lowest BCUT2D eigenvalue weighted by Crippen LogP contribution is -2.56. The van der Waals surface area contributed by atoms with Gasteiger partial charge in [0.05, 0.1) is 0 Å². The van der Waals surface area contributed by atoms with Crippen molar-refractivity contribution >= 4 is 23.7 Å². The first-order chi connectivity index (χ1) is 23.7. The fourth-order valence-corrected chi connectivity index (χ4v) is 6.11. The monoisotopic (exact) mass is 732 g/mol. The topological polar surface area (TPSA) is 136 Å². The molecule has 4 unspecified atom stereocenters. The number of nitrogens with one attached hydrogen (secondary N) is 2. The van der Waals surface area contributed by atoms with E-state index in [4.69, 9.17) is 4.74 Å². The van der Waals surface area contributed by atoms with Crippen LogP contribution in [0.5, 0.6) is 0 Å². The van der Waals surface area contributed by atoms with E-state index < -0.39 is 95.6 Å². The number of carbonyl (C=O) groups is 4. The number of aromatic nitrogens is 3. The molecule has 0 aliphatic carbocycles. The van der Waals surface area contributed by atoms with Gasteiger partial charge in [0.1, 0.15) is 35.1 Å². The van der Waals surface area contributed by atoms with E-state index in [1.165, 1.54) is 4.90 Å². The van der Waals surface area contributed by atoms with Crippen molar-refractivity contribution in [2.75, 3.05) is 6.54 Å². The maximum absolute atomic E-state index is 14.7. The van der Waals surface area contributed by atoms with Crippen LogP contribution in [-0.4, -0.2) is 73.6 Å². The Balaban J connectivity index is 0.00000345.